The molecule has 19 heavy (non-hydrogen) atoms. The van der Waals surface area contributed by atoms with Crippen molar-refractivity contribution in [1.29, 1.82) is 0 Å². The first-order valence-electron chi connectivity index (χ1n) is 6.77. The highest BCUT2D eigenvalue weighted by atomic mass is 16.2. The average Bonchev–Trinajstić information content (AvgIpc) is 2.46. The Morgan fingerprint density at radius 3 is 2.58 bits per heavy atom. The number of hydrogen-bond donors (Lipinski definition) is 0. The summed E-state index contributed by atoms with van der Waals surface area (Å²) >= 11 is 0. The summed E-state index contributed by atoms with van der Waals surface area (Å²) in [4.78, 5) is 23.0. The lowest BCUT2D eigenvalue weighted by atomic mass is 10.2. The molecule has 5 nitrogen and oxygen atoms in total. The quantitative estimate of drug-likeness (QED) is 0.812. The minimum atomic E-state index is 0.0903. The molecule has 5 heteroatoms. The molecule has 0 atom stereocenters. The third kappa shape index (κ3) is 3.04. The van der Waals surface area contributed by atoms with Crippen molar-refractivity contribution < 1.29 is 4.79 Å². The molecule has 0 radical (unpaired) electrons. The second kappa shape index (κ2) is 6.02. The number of carbonyl (C=O) groups is 1. The number of anilines is 1. The van der Waals surface area contributed by atoms with E-state index in [0.29, 0.717) is 5.56 Å². The van der Waals surface area contributed by atoms with Crippen LogP contribution in [0.5, 0.6) is 0 Å². The first-order valence-corrected chi connectivity index (χ1v) is 6.77. The number of pyridine rings is 1. The van der Waals surface area contributed by atoms with Crippen LogP contribution in [0.1, 0.15) is 17.3 Å². The summed E-state index contributed by atoms with van der Waals surface area (Å²) in [7, 11) is 3.82. The molecule has 2 heterocycles. The zero-order valence-corrected chi connectivity index (χ0v) is 12.0. The third-order valence-electron chi connectivity index (χ3n) is 3.55. The molecule has 1 amide bonds. The van der Waals surface area contributed by atoms with E-state index in [1.165, 1.54) is 0 Å². The van der Waals surface area contributed by atoms with E-state index in [9.17, 15) is 4.79 Å². The smallest absolute Gasteiger partial charge is 0.257 e. The molecule has 0 bridgehead atoms. The van der Waals surface area contributed by atoms with Crippen molar-refractivity contribution in [2.75, 3.05) is 51.7 Å². The van der Waals surface area contributed by atoms with Gasteiger partial charge in [0.25, 0.3) is 5.91 Å². The maximum Gasteiger partial charge on any atom is 0.257 e. The van der Waals surface area contributed by atoms with Crippen LogP contribution >= 0.6 is 0 Å². The van der Waals surface area contributed by atoms with Gasteiger partial charge in [-0.2, -0.15) is 0 Å². The van der Waals surface area contributed by atoms with Crippen LogP contribution < -0.4 is 4.90 Å². The first kappa shape index (κ1) is 13.8. The van der Waals surface area contributed by atoms with Crippen molar-refractivity contribution >= 4 is 11.7 Å². The molecule has 0 aromatic carbocycles. The predicted octanol–water partition coefficient (Wildman–Crippen LogP) is 0.925. The van der Waals surface area contributed by atoms with Crippen LogP contribution in [0, 0.1) is 0 Å². The van der Waals surface area contributed by atoms with E-state index in [4.69, 9.17) is 0 Å². The molecule has 0 spiro atoms. The fourth-order valence-electron chi connectivity index (χ4n) is 2.36. The van der Waals surface area contributed by atoms with Gasteiger partial charge in [-0.05, 0) is 18.7 Å². The lowest BCUT2D eigenvalue weighted by molar-refractivity contribution is 0.0643. The highest BCUT2D eigenvalue weighted by molar-refractivity contribution is 5.98. The van der Waals surface area contributed by atoms with Crippen molar-refractivity contribution in [2.24, 2.45) is 0 Å². The Bertz CT molecular complexity index is 439. The summed E-state index contributed by atoms with van der Waals surface area (Å²) < 4.78 is 0. The minimum absolute atomic E-state index is 0.0903. The Labute approximate surface area is 114 Å². The molecule has 104 valence electrons. The number of nitrogens with zero attached hydrogens (tertiary/aromatic N) is 4. The van der Waals surface area contributed by atoms with Gasteiger partial charge >= 0.3 is 0 Å². The molecule has 0 saturated carbocycles. The number of carbonyl (C=O) groups excluding carboxylic acids is 1. The van der Waals surface area contributed by atoms with Crippen molar-refractivity contribution in [2.45, 2.75) is 6.92 Å². The molecule has 1 aromatic heterocycles. The number of hydrogen-bond acceptors (Lipinski definition) is 4. The summed E-state index contributed by atoms with van der Waals surface area (Å²) in [6.45, 7) is 6.73. The van der Waals surface area contributed by atoms with Gasteiger partial charge in [0.15, 0.2) is 0 Å². The highest BCUT2D eigenvalue weighted by Crippen LogP contribution is 2.17. The lowest BCUT2D eigenvalue weighted by Crippen LogP contribution is -2.48. The van der Waals surface area contributed by atoms with Crippen molar-refractivity contribution in [3.63, 3.8) is 0 Å². The summed E-state index contributed by atoms with van der Waals surface area (Å²) in [5, 5.41) is 0. The van der Waals surface area contributed by atoms with Gasteiger partial charge in [0.2, 0.25) is 0 Å². The molecule has 2 rings (SSSR count). The van der Waals surface area contributed by atoms with Gasteiger partial charge in [-0.25, -0.2) is 4.98 Å². The van der Waals surface area contributed by atoms with Crippen molar-refractivity contribution in [3.8, 4) is 0 Å². The number of likely N-dealkylation sites (N-methyl/N-ethyl adjacent to an activating group) is 1. The van der Waals surface area contributed by atoms with Gasteiger partial charge in [0, 0.05) is 46.5 Å². The van der Waals surface area contributed by atoms with Gasteiger partial charge < -0.3 is 14.7 Å². The van der Waals surface area contributed by atoms with Crippen LogP contribution in [0.15, 0.2) is 18.3 Å². The standard InChI is InChI=1S/C14H22N4O/c1-4-17-8-10-18(11-9-17)14(19)12-6-5-7-15-13(12)16(2)3/h5-7H,4,8-11H2,1-3H3. The van der Waals surface area contributed by atoms with Crippen molar-refractivity contribution in [1.82, 2.24) is 14.8 Å². The minimum Gasteiger partial charge on any atom is -0.362 e. The van der Waals surface area contributed by atoms with E-state index in [1.54, 1.807) is 6.20 Å². The predicted molar refractivity (Wildman–Crippen MR) is 76.6 cm³/mol. The van der Waals surface area contributed by atoms with Gasteiger partial charge in [-0.3, -0.25) is 4.79 Å². The summed E-state index contributed by atoms with van der Waals surface area (Å²) in [6.07, 6.45) is 1.72. The molecular weight excluding hydrogens is 240 g/mol. The molecular formula is C14H22N4O. The van der Waals surface area contributed by atoms with Crippen LogP contribution in [-0.4, -0.2) is 67.5 Å². The Morgan fingerprint density at radius 2 is 2.00 bits per heavy atom. The molecule has 0 unspecified atom stereocenters. The highest BCUT2D eigenvalue weighted by Gasteiger charge is 2.23. The zero-order valence-electron chi connectivity index (χ0n) is 12.0. The topological polar surface area (TPSA) is 39.7 Å². The Morgan fingerprint density at radius 1 is 1.32 bits per heavy atom. The summed E-state index contributed by atoms with van der Waals surface area (Å²) in [6, 6.07) is 3.68. The Kier molecular flexibility index (Phi) is 4.37. The van der Waals surface area contributed by atoms with E-state index in [-0.39, 0.29) is 5.91 Å². The molecule has 1 aliphatic rings. The molecule has 1 aliphatic heterocycles. The Balaban J connectivity index is 2.12. The van der Waals surface area contributed by atoms with Crippen LogP contribution in [0.4, 0.5) is 5.82 Å². The van der Waals surface area contributed by atoms with E-state index in [2.05, 4.69) is 16.8 Å². The van der Waals surface area contributed by atoms with E-state index in [1.807, 2.05) is 36.0 Å². The third-order valence-corrected chi connectivity index (χ3v) is 3.55. The molecule has 0 N–H and O–H groups in total. The average molecular weight is 262 g/mol. The van der Waals surface area contributed by atoms with Gasteiger partial charge in [0.05, 0.1) is 5.56 Å². The lowest BCUT2D eigenvalue weighted by Gasteiger charge is -2.34. The monoisotopic (exact) mass is 262 g/mol. The van der Waals surface area contributed by atoms with Crippen molar-refractivity contribution in [3.05, 3.63) is 23.9 Å². The fourth-order valence-corrected chi connectivity index (χ4v) is 2.36. The van der Waals surface area contributed by atoms with E-state index in [0.717, 1.165) is 38.5 Å². The maximum absolute atomic E-state index is 12.6. The number of amides is 1. The van der Waals surface area contributed by atoms with Gasteiger partial charge in [0.1, 0.15) is 5.82 Å². The number of piperazine rings is 1. The second-order valence-corrected chi connectivity index (χ2v) is 5.00. The van der Waals surface area contributed by atoms with Gasteiger partial charge in [-0.15, -0.1) is 0 Å². The molecule has 1 aromatic rings. The fraction of sp³-hybridized carbons (Fsp3) is 0.571. The summed E-state index contributed by atoms with van der Waals surface area (Å²) in [5.74, 6) is 0.831. The maximum atomic E-state index is 12.6. The zero-order chi connectivity index (χ0) is 13.8. The van der Waals surface area contributed by atoms with E-state index >= 15 is 0 Å². The molecule has 0 aliphatic carbocycles. The second-order valence-electron chi connectivity index (χ2n) is 5.00. The first-order chi connectivity index (χ1) is 9.13. The normalized spacial score (nSPS) is 16.5. The SMILES string of the molecule is CCN1CCN(C(=O)c2cccnc2N(C)C)CC1. The molecule has 1 saturated heterocycles. The van der Waals surface area contributed by atoms with Crippen LogP contribution in [0.25, 0.3) is 0 Å². The Hall–Kier alpha value is -1.62. The van der Waals surface area contributed by atoms with Crippen LogP contribution in [0.2, 0.25) is 0 Å². The van der Waals surface area contributed by atoms with E-state index < -0.39 is 0 Å². The number of aromatic nitrogens is 1. The largest absolute Gasteiger partial charge is 0.362 e. The van der Waals surface area contributed by atoms with Crippen LogP contribution in [0.3, 0.4) is 0 Å². The summed E-state index contributed by atoms with van der Waals surface area (Å²) in [5.41, 5.74) is 0.692. The van der Waals surface area contributed by atoms with Crippen LogP contribution in [-0.2, 0) is 0 Å². The molecule has 1 fully saturated rings. The number of rotatable bonds is 3. The van der Waals surface area contributed by atoms with Gasteiger partial charge in [-0.1, -0.05) is 6.92 Å².